The molecule has 1 atom stereocenters. The molecule has 0 bridgehead atoms. The lowest BCUT2D eigenvalue weighted by Crippen LogP contribution is -2.50. The molecule has 142 valence electrons. The van der Waals surface area contributed by atoms with Crippen molar-refractivity contribution in [3.8, 4) is 0 Å². The Morgan fingerprint density at radius 3 is 2.46 bits per heavy atom. The number of aryl methyl sites for hydroxylation is 1. The van der Waals surface area contributed by atoms with Gasteiger partial charge in [0.2, 0.25) is 11.8 Å². The van der Waals surface area contributed by atoms with E-state index in [1.807, 2.05) is 37.8 Å². The molecule has 0 radical (unpaired) electrons. The van der Waals surface area contributed by atoms with E-state index in [1.165, 1.54) is 0 Å². The lowest BCUT2D eigenvalue weighted by Gasteiger charge is -2.22. The SMILES string of the molecule is Cc1ccc(C(=O)NC(C(=O)NCCCN2CCCC2=O)C(C)C)cc1. The van der Waals surface area contributed by atoms with Crippen molar-refractivity contribution in [1.29, 1.82) is 0 Å². The summed E-state index contributed by atoms with van der Waals surface area (Å²) in [4.78, 5) is 38.2. The van der Waals surface area contributed by atoms with Gasteiger partial charge in [0.25, 0.3) is 5.91 Å². The molecule has 1 heterocycles. The van der Waals surface area contributed by atoms with Gasteiger partial charge in [0.1, 0.15) is 6.04 Å². The Morgan fingerprint density at radius 2 is 1.88 bits per heavy atom. The van der Waals surface area contributed by atoms with Crippen LogP contribution in [-0.4, -0.2) is 48.3 Å². The molecule has 6 heteroatoms. The van der Waals surface area contributed by atoms with Gasteiger partial charge in [0, 0.05) is 31.6 Å². The number of hydrogen-bond acceptors (Lipinski definition) is 3. The Morgan fingerprint density at radius 1 is 1.19 bits per heavy atom. The van der Waals surface area contributed by atoms with Crippen LogP contribution in [0.1, 0.15) is 49.0 Å². The maximum absolute atomic E-state index is 12.5. The summed E-state index contributed by atoms with van der Waals surface area (Å²) in [5, 5.41) is 5.70. The second kappa shape index (κ2) is 9.36. The Kier molecular flexibility index (Phi) is 7.18. The number of amides is 3. The van der Waals surface area contributed by atoms with Gasteiger partial charge < -0.3 is 15.5 Å². The highest BCUT2D eigenvalue weighted by Gasteiger charge is 2.24. The van der Waals surface area contributed by atoms with Crippen LogP contribution < -0.4 is 10.6 Å². The molecule has 1 aliphatic rings. The van der Waals surface area contributed by atoms with Gasteiger partial charge >= 0.3 is 0 Å². The second-order valence-corrected chi connectivity index (χ2v) is 7.19. The number of nitrogens with zero attached hydrogens (tertiary/aromatic N) is 1. The molecule has 1 fully saturated rings. The molecule has 1 unspecified atom stereocenters. The largest absolute Gasteiger partial charge is 0.354 e. The van der Waals surface area contributed by atoms with Gasteiger partial charge in [-0.2, -0.15) is 0 Å². The van der Waals surface area contributed by atoms with Crippen molar-refractivity contribution in [3.63, 3.8) is 0 Å². The maximum atomic E-state index is 12.5. The Bertz CT molecular complexity index is 640. The first-order valence-corrected chi connectivity index (χ1v) is 9.31. The summed E-state index contributed by atoms with van der Waals surface area (Å²) < 4.78 is 0. The highest BCUT2D eigenvalue weighted by atomic mass is 16.2. The highest BCUT2D eigenvalue weighted by molar-refractivity contribution is 5.97. The third-order valence-electron chi connectivity index (χ3n) is 4.62. The zero-order valence-electron chi connectivity index (χ0n) is 15.9. The molecule has 1 aliphatic heterocycles. The number of carbonyl (C=O) groups excluding carboxylic acids is 3. The molecular weight excluding hydrogens is 330 g/mol. The van der Waals surface area contributed by atoms with Gasteiger partial charge in [-0.15, -0.1) is 0 Å². The van der Waals surface area contributed by atoms with E-state index in [-0.39, 0.29) is 23.6 Å². The van der Waals surface area contributed by atoms with Gasteiger partial charge in [-0.3, -0.25) is 14.4 Å². The van der Waals surface area contributed by atoms with E-state index in [0.717, 1.165) is 18.5 Å². The highest BCUT2D eigenvalue weighted by Crippen LogP contribution is 2.10. The van der Waals surface area contributed by atoms with Crippen LogP contribution in [0.25, 0.3) is 0 Å². The lowest BCUT2D eigenvalue weighted by molar-refractivity contribution is -0.127. The number of benzene rings is 1. The van der Waals surface area contributed by atoms with Crippen LogP contribution in [0.15, 0.2) is 24.3 Å². The number of likely N-dealkylation sites (tertiary alicyclic amines) is 1. The number of carbonyl (C=O) groups is 3. The van der Waals surface area contributed by atoms with E-state index in [2.05, 4.69) is 10.6 Å². The summed E-state index contributed by atoms with van der Waals surface area (Å²) in [7, 11) is 0. The summed E-state index contributed by atoms with van der Waals surface area (Å²) in [6.45, 7) is 7.74. The van der Waals surface area contributed by atoms with Crippen molar-refractivity contribution >= 4 is 17.7 Å². The summed E-state index contributed by atoms with van der Waals surface area (Å²) in [6, 6.07) is 6.68. The van der Waals surface area contributed by atoms with Gasteiger partial charge in [-0.05, 0) is 37.8 Å². The zero-order chi connectivity index (χ0) is 19.1. The van der Waals surface area contributed by atoms with Crippen molar-refractivity contribution in [3.05, 3.63) is 35.4 Å². The molecule has 3 amide bonds. The van der Waals surface area contributed by atoms with Crippen LogP contribution in [0.3, 0.4) is 0 Å². The van der Waals surface area contributed by atoms with Crippen molar-refractivity contribution in [2.45, 2.75) is 46.1 Å². The summed E-state index contributed by atoms with van der Waals surface area (Å²) in [5.74, 6) is -0.263. The first-order chi connectivity index (χ1) is 12.4. The smallest absolute Gasteiger partial charge is 0.251 e. The fourth-order valence-electron chi connectivity index (χ4n) is 3.00. The van der Waals surface area contributed by atoms with E-state index >= 15 is 0 Å². The van der Waals surface area contributed by atoms with Crippen molar-refractivity contribution in [1.82, 2.24) is 15.5 Å². The van der Waals surface area contributed by atoms with E-state index < -0.39 is 6.04 Å². The van der Waals surface area contributed by atoms with Gasteiger partial charge in [0.15, 0.2) is 0 Å². The van der Waals surface area contributed by atoms with E-state index in [9.17, 15) is 14.4 Å². The van der Waals surface area contributed by atoms with Crippen molar-refractivity contribution < 1.29 is 14.4 Å². The Labute approximate surface area is 155 Å². The topological polar surface area (TPSA) is 78.5 Å². The minimum Gasteiger partial charge on any atom is -0.354 e. The molecule has 0 aromatic heterocycles. The van der Waals surface area contributed by atoms with Crippen LogP contribution in [0, 0.1) is 12.8 Å². The second-order valence-electron chi connectivity index (χ2n) is 7.19. The fourth-order valence-corrected chi connectivity index (χ4v) is 3.00. The molecule has 26 heavy (non-hydrogen) atoms. The first kappa shape index (κ1) is 19.9. The molecule has 2 N–H and O–H groups in total. The summed E-state index contributed by atoms with van der Waals surface area (Å²) in [6.07, 6.45) is 2.27. The number of rotatable bonds is 8. The predicted molar refractivity (Wildman–Crippen MR) is 101 cm³/mol. The third kappa shape index (κ3) is 5.58. The molecule has 0 spiro atoms. The average molecular weight is 359 g/mol. The predicted octanol–water partition coefficient (Wildman–Crippen LogP) is 1.88. The minimum atomic E-state index is -0.586. The van der Waals surface area contributed by atoms with Gasteiger partial charge in [0.05, 0.1) is 0 Å². The van der Waals surface area contributed by atoms with Crippen molar-refractivity contribution in [2.24, 2.45) is 5.92 Å². The molecule has 0 aliphatic carbocycles. The quantitative estimate of drug-likeness (QED) is 0.696. The number of hydrogen-bond donors (Lipinski definition) is 2. The van der Waals surface area contributed by atoms with Crippen LogP contribution in [0.4, 0.5) is 0 Å². The zero-order valence-corrected chi connectivity index (χ0v) is 15.9. The molecule has 2 rings (SSSR count). The minimum absolute atomic E-state index is 0.0236. The normalized spacial score (nSPS) is 15.2. The molecular formula is C20H29N3O3. The van der Waals surface area contributed by atoms with Crippen LogP contribution >= 0.6 is 0 Å². The molecule has 1 saturated heterocycles. The van der Waals surface area contributed by atoms with E-state index in [1.54, 1.807) is 12.1 Å². The number of nitrogens with one attached hydrogen (secondary N) is 2. The van der Waals surface area contributed by atoms with Crippen LogP contribution in [0.5, 0.6) is 0 Å². The maximum Gasteiger partial charge on any atom is 0.251 e. The average Bonchev–Trinajstić information content (AvgIpc) is 3.01. The van der Waals surface area contributed by atoms with Crippen LogP contribution in [0.2, 0.25) is 0 Å². The Hall–Kier alpha value is -2.37. The van der Waals surface area contributed by atoms with E-state index in [0.29, 0.717) is 31.5 Å². The summed E-state index contributed by atoms with van der Waals surface area (Å²) >= 11 is 0. The fraction of sp³-hybridized carbons (Fsp3) is 0.550. The molecule has 6 nitrogen and oxygen atoms in total. The first-order valence-electron chi connectivity index (χ1n) is 9.31. The molecule has 0 saturated carbocycles. The monoisotopic (exact) mass is 359 g/mol. The molecule has 1 aromatic carbocycles. The van der Waals surface area contributed by atoms with Gasteiger partial charge in [-0.1, -0.05) is 31.5 Å². The molecule has 1 aromatic rings. The standard InChI is InChI=1S/C20H29N3O3/c1-14(2)18(22-19(25)16-9-7-15(3)8-10-16)20(26)21-11-5-13-23-12-4-6-17(23)24/h7-10,14,18H,4-6,11-13H2,1-3H3,(H,21,26)(H,22,25). The van der Waals surface area contributed by atoms with E-state index in [4.69, 9.17) is 0 Å². The van der Waals surface area contributed by atoms with Crippen LogP contribution in [-0.2, 0) is 9.59 Å². The third-order valence-corrected chi connectivity index (χ3v) is 4.62. The Balaban J connectivity index is 1.81. The van der Waals surface area contributed by atoms with Gasteiger partial charge in [-0.25, -0.2) is 0 Å². The summed E-state index contributed by atoms with van der Waals surface area (Å²) in [5.41, 5.74) is 1.62. The lowest BCUT2D eigenvalue weighted by atomic mass is 10.0. The van der Waals surface area contributed by atoms with Crippen molar-refractivity contribution in [2.75, 3.05) is 19.6 Å².